The van der Waals surface area contributed by atoms with Gasteiger partial charge in [0.05, 0.1) is 5.92 Å². The summed E-state index contributed by atoms with van der Waals surface area (Å²) in [6.45, 7) is 4.96. The highest BCUT2D eigenvalue weighted by molar-refractivity contribution is 5.65. The summed E-state index contributed by atoms with van der Waals surface area (Å²) in [7, 11) is 0. The summed E-state index contributed by atoms with van der Waals surface area (Å²) in [6.07, 6.45) is -0.127. The van der Waals surface area contributed by atoms with Crippen LogP contribution in [0.5, 0.6) is 0 Å². The molecule has 0 bridgehead atoms. The van der Waals surface area contributed by atoms with Gasteiger partial charge in [-0.3, -0.25) is 0 Å². The number of aromatic nitrogens is 2. The Kier molecular flexibility index (Phi) is 2.80. The predicted octanol–water partition coefficient (Wildman–Crippen LogP) is 1.66. The van der Waals surface area contributed by atoms with Gasteiger partial charge in [0, 0.05) is 19.0 Å². The Hall–Kier alpha value is -1.59. The zero-order chi connectivity index (χ0) is 11.7. The van der Waals surface area contributed by atoms with Gasteiger partial charge in [-0.15, -0.1) is 10.2 Å². The van der Waals surface area contributed by atoms with Crippen molar-refractivity contribution in [3.63, 3.8) is 0 Å². The summed E-state index contributed by atoms with van der Waals surface area (Å²) in [5.74, 6) is 1.44. The topological polar surface area (TPSA) is 79.5 Å². The standard InChI is InChI=1S/C10H15N3O3/c1-6(2)8-11-12-9(16-8)7-3-4-13(5-7)10(14)15/h6-7H,3-5H2,1-2H3,(H,14,15). The van der Waals surface area contributed by atoms with Gasteiger partial charge in [0.25, 0.3) is 0 Å². The number of hydrogen-bond acceptors (Lipinski definition) is 4. The van der Waals surface area contributed by atoms with E-state index in [0.29, 0.717) is 24.9 Å². The van der Waals surface area contributed by atoms with Crippen LogP contribution < -0.4 is 0 Å². The van der Waals surface area contributed by atoms with E-state index in [0.717, 1.165) is 6.42 Å². The fourth-order valence-electron chi connectivity index (χ4n) is 1.78. The molecule has 0 aliphatic carbocycles. The minimum Gasteiger partial charge on any atom is -0.465 e. The van der Waals surface area contributed by atoms with Crippen molar-refractivity contribution < 1.29 is 14.3 Å². The molecule has 1 atom stereocenters. The largest absolute Gasteiger partial charge is 0.465 e. The van der Waals surface area contributed by atoms with Crippen LogP contribution in [-0.2, 0) is 0 Å². The monoisotopic (exact) mass is 225 g/mol. The van der Waals surface area contributed by atoms with E-state index in [1.165, 1.54) is 4.90 Å². The lowest BCUT2D eigenvalue weighted by Gasteiger charge is -2.09. The van der Waals surface area contributed by atoms with Crippen LogP contribution in [0.25, 0.3) is 0 Å². The summed E-state index contributed by atoms with van der Waals surface area (Å²) in [5.41, 5.74) is 0. The first-order valence-electron chi connectivity index (χ1n) is 5.39. The zero-order valence-corrected chi connectivity index (χ0v) is 9.38. The summed E-state index contributed by atoms with van der Waals surface area (Å²) in [4.78, 5) is 12.1. The molecular formula is C10H15N3O3. The molecular weight excluding hydrogens is 210 g/mol. The second-order valence-electron chi connectivity index (χ2n) is 4.35. The van der Waals surface area contributed by atoms with Crippen LogP contribution in [0.2, 0.25) is 0 Å². The van der Waals surface area contributed by atoms with Crippen LogP contribution in [0.15, 0.2) is 4.42 Å². The molecule has 1 aromatic rings. The van der Waals surface area contributed by atoms with Crippen molar-refractivity contribution in [2.24, 2.45) is 0 Å². The molecule has 1 aliphatic rings. The first-order valence-corrected chi connectivity index (χ1v) is 5.39. The quantitative estimate of drug-likeness (QED) is 0.827. The summed E-state index contributed by atoms with van der Waals surface area (Å²) < 4.78 is 5.52. The van der Waals surface area contributed by atoms with Crippen LogP contribution in [0, 0.1) is 0 Å². The molecule has 1 amide bonds. The number of hydrogen-bond donors (Lipinski definition) is 1. The molecule has 1 saturated heterocycles. The number of amides is 1. The van der Waals surface area contributed by atoms with E-state index in [1.54, 1.807) is 0 Å². The molecule has 6 heteroatoms. The average molecular weight is 225 g/mol. The van der Waals surface area contributed by atoms with E-state index in [9.17, 15) is 4.79 Å². The average Bonchev–Trinajstić information content (AvgIpc) is 2.86. The molecule has 6 nitrogen and oxygen atoms in total. The molecule has 2 rings (SSSR count). The molecule has 0 saturated carbocycles. The van der Waals surface area contributed by atoms with Gasteiger partial charge in [0.1, 0.15) is 0 Å². The number of carboxylic acid groups (broad SMARTS) is 1. The Balaban J connectivity index is 2.06. The van der Waals surface area contributed by atoms with Crippen molar-refractivity contribution in [2.45, 2.75) is 32.1 Å². The Morgan fingerprint density at radius 2 is 2.31 bits per heavy atom. The van der Waals surface area contributed by atoms with E-state index in [4.69, 9.17) is 9.52 Å². The minimum absolute atomic E-state index is 0.0519. The molecule has 16 heavy (non-hydrogen) atoms. The maximum atomic E-state index is 10.8. The van der Waals surface area contributed by atoms with Gasteiger partial charge < -0.3 is 14.4 Å². The molecule has 1 aromatic heterocycles. The predicted molar refractivity (Wildman–Crippen MR) is 55.3 cm³/mol. The lowest BCUT2D eigenvalue weighted by Crippen LogP contribution is -2.26. The van der Waals surface area contributed by atoms with Gasteiger partial charge in [-0.2, -0.15) is 0 Å². The first-order chi connectivity index (χ1) is 7.58. The zero-order valence-electron chi connectivity index (χ0n) is 9.38. The van der Waals surface area contributed by atoms with Crippen LogP contribution >= 0.6 is 0 Å². The molecule has 1 N–H and O–H groups in total. The van der Waals surface area contributed by atoms with Gasteiger partial charge in [0.2, 0.25) is 11.8 Å². The van der Waals surface area contributed by atoms with Crippen molar-refractivity contribution >= 4 is 6.09 Å². The number of rotatable bonds is 2. The van der Waals surface area contributed by atoms with Crippen molar-refractivity contribution in [1.29, 1.82) is 0 Å². The summed E-state index contributed by atoms with van der Waals surface area (Å²) in [6, 6.07) is 0. The summed E-state index contributed by atoms with van der Waals surface area (Å²) >= 11 is 0. The van der Waals surface area contributed by atoms with E-state index in [1.807, 2.05) is 13.8 Å². The van der Waals surface area contributed by atoms with Gasteiger partial charge in [0.15, 0.2) is 0 Å². The van der Waals surface area contributed by atoms with Crippen LogP contribution in [0.4, 0.5) is 4.79 Å². The minimum atomic E-state index is -0.883. The molecule has 88 valence electrons. The van der Waals surface area contributed by atoms with Crippen molar-refractivity contribution in [2.75, 3.05) is 13.1 Å². The highest BCUT2D eigenvalue weighted by Crippen LogP contribution is 2.27. The SMILES string of the molecule is CC(C)c1nnc(C2CCN(C(=O)O)C2)o1. The lowest BCUT2D eigenvalue weighted by atomic mass is 10.1. The maximum Gasteiger partial charge on any atom is 0.407 e. The third-order valence-electron chi connectivity index (χ3n) is 2.76. The molecule has 0 radical (unpaired) electrons. The lowest BCUT2D eigenvalue weighted by molar-refractivity contribution is 0.155. The van der Waals surface area contributed by atoms with Gasteiger partial charge in [-0.25, -0.2) is 4.79 Å². The van der Waals surface area contributed by atoms with Gasteiger partial charge in [-0.1, -0.05) is 13.8 Å². The normalized spacial score (nSPS) is 20.7. The number of likely N-dealkylation sites (tertiary alicyclic amines) is 1. The highest BCUT2D eigenvalue weighted by atomic mass is 16.4. The molecule has 0 aromatic carbocycles. The van der Waals surface area contributed by atoms with Gasteiger partial charge in [-0.05, 0) is 6.42 Å². The Bertz CT molecular complexity index is 388. The van der Waals surface area contributed by atoms with Crippen LogP contribution in [0.1, 0.15) is 43.9 Å². The molecule has 0 spiro atoms. The second-order valence-corrected chi connectivity index (χ2v) is 4.35. The van der Waals surface area contributed by atoms with Crippen molar-refractivity contribution in [3.8, 4) is 0 Å². The fourth-order valence-corrected chi connectivity index (χ4v) is 1.78. The highest BCUT2D eigenvalue weighted by Gasteiger charge is 2.30. The van der Waals surface area contributed by atoms with E-state index in [2.05, 4.69) is 10.2 Å². The second kappa shape index (κ2) is 4.11. The van der Waals surface area contributed by atoms with Crippen LogP contribution in [-0.4, -0.2) is 39.4 Å². The molecule has 1 fully saturated rings. The maximum absolute atomic E-state index is 10.8. The smallest absolute Gasteiger partial charge is 0.407 e. The van der Waals surface area contributed by atoms with E-state index in [-0.39, 0.29) is 11.8 Å². The van der Waals surface area contributed by atoms with Crippen LogP contribution in [0.3, 0.4) is 0 Å². The van der Waals surface area contributed by atoms with Gasteiger partial charge >= 0.3 is 6.09 Å². The third kappa shape index (κ3) is 2.00. The summed E-state index contributed by atoms with van der Waals surface area (Å²) in [5, 5.41) is 16.8. The first kappa shape index (κ1) is 10.9. The molecule has 1 aliphatic heterocycles. The van der Waals surface area contributed by atoms with E-state index >= 15 is 0 Å². The number of carbonyl (C=O) groups is 1. The molecule has 1 unspecified atom stereocenters. The van der Waals surface area contributed by atoms with E-state index < -0.39 is 6.09 Å². The Morgan fingerprint density at radius 3 is 2.81 bits per heavy atom. The Labute approximate surface area is 93.3 Å². The third-order valence-corrected chi connectivity index (χ3v) is 2.76. The van der Waals surface area contributed by atoms with Crippen molar-refractivity contribution in [3.05, 3.63) is 11.8 Å². The fraction of sp³-hybridized carbons (Fsp3) is 0.700. The van der Waals surface area contributed by atoms with Crippen molar-refractivity contribution in [1.82, 2.24) is 15.1 Å². The number of nitrogens with zero attached hydrogens (tertiary/aromatic N) is 3. The Morgan fingerprint density at radius 1 is 1.56 bits per heavy atom. The molecule has 2 heterocycles.